The molecule has 0 heterocycles. The van der Waals surface area contributed by atoms with Crippen molar-refractivity contribution in [3.8, 4) is 0 Å². The molecule has 0 bridgehead atoms. The molecule has 7 nitrogen and oxygen atoms in total. The highest BCUT2D eigenvalue weighted by Gasteiger charge is 2.16. The summed E-state index contributed by atoms with van der Waals surface area (Å²) in [5.74, 6) is -0.814. The molecule has 0 aromatic heterocycles. The van der Waals surface area contributed by atoms with Crippen molar-refractivity contribution in [1.29, 1.82) is 0 Å². The number of amides is 1. The SMILES string of the molecule is Cc1ccc(CCC(=O)NCCOC(=O)c2ccc(Br)c([N+](=O)[O-])c2)cc1. The molecule has 1 amide bonds. The summed E-state index contributed by atoms with van der Waals surface area (Å²) in [5, 5.41) is 13.6. The van der Waals surface area contributed by atoms with Gasteiger partial charge in [0.05, 0.1) is 21.5 Å². The summed E-state index contributed by atoms with van der Waals surface area (Å²) in [7, 11) is 0. The third-order valence-electron chi connectivity index (χ3n) is 3.80. The molecule has 27 heavy (non-hydrogen) atoms. The largest absolute Gasteiger partial charge is 0.460 e. The number of hydrogen-bond acceptors (Lipinski definition) is 5. The Bertz CT molecular complexity index is 836. The summed E-state index contributed by atoms with van der Waals surface area (Å²) in [6.45, 7) is 2.17. The van der Waals surface area contributed by atoms with Gasteiger partial charge in [0, 0.05) is 12.5 Å². The summed E-state index contributed by atoms with van der Waals surface area (Å²) in [5.41, 5.74) is 2.12. The van der Waals surface area contributed by atoms with Crippen LogP contribution >= 0.6 is 15.9 Å². The van der Waals surface area contributed by atoms with Crippen LogP contribution in [0.5, 0.6) is 0 Å². The average Bonchev–Trinajstić information content (AvgIpc) is 2.64. The number of hydrogen-bond donors (Lipinski definition) is 1. The second-order valence-corrected chi connectivity index (χ2v) is 6.75. The van der Waals surface area contributed by atoms with Gasteiger partial charge in [0.1, 0.15) is 6.61 Å². The minimum Gasteiger partial charge on any atom is -0.460 e. The maximum absolute atomic E-state index is 11.9. The first kappa shape index (κ1) is 20.6. The average molecular weight is 435 g/mol. The molecule has 142 valence electrons. The molecule has 2 rings (SSSR count). The van der Waals surface area contributed by atoms with E-state index in [-0.39, 0.29) is 34.8 Å². The van der Waals surface area contributed by atoms with Gasteiger partial charge >= 0.3 is 5.97 Å². The van der Waals surface area contributed by atoms with Gasteiger partial charge in [-0.1, -0.05) is 29.8 Å². The van der Waals surface area contributed by atoms with Crippen molar-refractivity contribution in [2.45, 2.75) is 19.8 Å². The first-order valence-electron chi connectivity index (χ1n) is 8.30. The van der Waals surface area contributed by atoms with Gasteiger partial charge in [-0.15, -0.1) is 0 Å². The predicted octanol–water partition coefficient (Wildman–Crippen LogP) is 3.57. The van der Waals surface area contributed by atoms with E-state index in [1.807, 2.05) is 31.2 Å². The van der Waals surface area contributed by atoms with E-state index in [1.165, 1.54) is 17.7 Å². The third kappa shape index (κ3) is 6.49. The number of aryl methyl sites for hydroxylation is 2. The second kappa shape index (κ2) is 9.82. The zero-order valence-corrected chi connectivity index (χ0v) is 16.3. The molecule has 0 fully saturated rings. The topological polar surface area (TPSA) is 98.5 Å². The summed E-state index contributed by atoms with van der Waals surface area (Å²) in [4.78, 5) is 34.1. The van der Waals surface area contributed by atoms with Crippen LogP contribution in [-0.4, -0.2) is 30.0 Å². The van der Waals surface area contributed by atoms with Crippen molar-refractivity contribution in [2.75, 3.05) is 13.2 Å². The fourth-order valence-corrected chi connectivity index (χ4v) is 2.69. The molecule has 0 atom stereocenters. The molecule has 0 radical (unpaired) electrons. The van der Waals surface area contributed by atoms with Crippen LogP contribution in [0, 0.1) is 17.0 Å². The van der Waals surface area contributed by atoms with Crippen LogP contribution in [0.4, 0.5) is 5.69 Å². The highest BCUT2D eigenvalue weighted by atomic mass is 79.9. The molecule has 0 aliphatic heterocycles. The number of carbonyl (C=O) groups excluding carboxylic acids is 2. The summed E-state index contributed by atoms with van der Waals surface area (Å²) in [6.07, 6.45) is 0.977. The number of carbonyl (C=O) groups is 2. The number of nitro benzene ring substituents is 1. The van der Waals surface area contributed by atoms with E-state index < -0.39 is 10.9 Å². The number of nitro groups is 1. The van der Waals surface area contributed by atoms with Gasteiger partial charge in [0.15, 0.2) is 0 Å². The molecule has 0 saturated heterocycles. The first-order chi connectivity index (χ1) is 12.9. The number of rotatable bonds is 8. The lowest BCUT2D eigenvalue weighted by Gasteiger charge is -2.07. The molecule has 2 aromatic rings. The lowest BCUT2D eigenvalue weighted by Crippen LogP contribution is -2.28. The first-order valence-corrected chi connectivity index (χ1v) is 9.09. The van der Waals surface area contributed by atoms with E-state index in [4.69, 9.17) is 4.74 Å². The zero-order chi connectivity index (χ0) is 19.8. The highest BCUT2D eigenvalue weighted by molar-refractivity contribution is 9.10. The lowest BCUT2D eigenvalue weighted by atomic mass is 10.1. The molecule has 8 heteroatoms. The second-order valence-electron chi connectivity index (χ2n) is 5.89. The molecular weight excluding hydrogens is 416 g/mol. The van der Waals surface area contributed by atoms with Crippen molar-refractivity contribution in [1.82, 2.24) is 5.32 Å². The number of nitrogens with zero attached hydrogens (tertiary/aromatic N) is 1. The quantitative estimate of drug-likeness (QED) is 0.296. The Balaban J connectivity index is 1.72. The Morgan fingerprint density at radius 2 is 1.89 bits per heavy atom. The lowest BCUT2D eigenvalue weighted by molar-refractivity contribution is -0.385. The van der Waals surface area contributed by atoms with Crippen LogP contribution in [0.25, 0.3) is 0 Å². The Hall–Kier alpha value is -2.74. The predicted molar refractivity (Wildman–Crippen MR) is 104 cm³/mol. The Labute approximate surface area is 165 Å². The highest BCUT2D eigenvalue weighted by Crippen LogP contribution is 2.25. The molecular formula is C19H19BrN2O5. The van der Waals surface area contributed by atoms with Gasteiger partial charge in [-0.3, -0.25) is 14.9 Å². The van der Waals surface area contributed by atoms with Crippen LogP contribution in [0.1, 0.15) is 27.9 Å². The fraction of sp³-hybridized carbons (Fsp3) is 0.263. The van der Waals surface area contributed by atoms with Gasteiger partial charge in [0.2, 0.25) is 5.91 Å². The number of esters is 1. The smallest absolute Gasteiger partial charge is 0.338 e. The molecule has 2 aromatic carbocycles. The summed E-state index contributed by atoms with van der Waals surface area (Å²) < 4.78 is 5.32. The van der Waals surface area contributed by atoms with Crippen molar-refractivity contribution < 1.29 is 19.2 Å². The van der Waals surface area contributed by atoms with E-state index in [9.17, 15) is 19.7 Å². The van der Waals surface area contributed by atoms with Gasteiger partial charge < -0.3 is 10.1 Å². The third-order valence-corrected chi connectivity index (χ3v) is 4.47. The van der Waals surface area contributed by atoms with E-state index >= 15 is 0 Å². The van der Waals surface area contributed by atoms with E-state index in [2.05, 4.69) is 21.2 Å². The van der Waals surface area contributed by atoms with Crippen molar-refractivity contribution in [3.05, 3.63) is 73.7 Å². The monoisotopic (exact) mass is 434 g/mol. The molecule has 1 N–H and O–H groups in total. The fourth-order valence-electron chi connectivity index (χ4n) is 2.30. The maximum atomic E-state index is 11.9. The van der Waals surface area contributed by atoms with Crippen molar-refractivity contribution in [2.24, 2.45) is 0 Å². The number of ether oxygens (including phenoxy) is 1. The minimum absolute atomic E-state index is 0.0149. The van der Waals surface area contributed by atoms with E-state index in [0.717, 1.165) is 11.6 Å². The van der Waals surface area contributed by atoms with Crippen LogP contribution in [0.3, 0.4) is 0 Å². The standard InChI is InChI=1S/C19H19BrN2O5/c1-13-2-4-14(5-3-13)6-9-18(23)21-10-11-27-19(24)15-7-8-16(20)17(12-15)22(25)26/h2-5,7-8,12H,6,9-11H2,1H3,(H,21,23). The van der Waals surface area contributed by atoms with Crippen molar-refractivity contribution >= 4 is 33.5 Å². The summed E-state index contributed by atoms with van der Waals surface area (Å²) >= 11 is 3.05. The van der Waals surface area contributed by atoms with E-state index in [0.29, 0.717) is 12.8 Å². The number of halogens is 1. The summed E-state index contributed by atoms with van der Waals surface area (Å²) in [6, 6.07) is 12.0. The molecule has 0 saturated carbocycles. The minimum atomic E-state index is -0.681. The van der Waals surface area contributed by atoms with Crippen LogP contribution < -0.4 is 5.32 Å². The molecule has 0 spiro atoms. The number of benzene rings is 2. The van der Waals surface area contributed by atoms with Crippen LogP contribution in [-0.2, 0) is 16.0 Å². The van der Waals surface area contributed by atoms with Gasteiger partial charge in [-0.25, -0.2) is 4.79 Å². The van der Waals surface area contributed by atoms with Crippen LogP contribution in [0.2, 0.25) is 0 Å². The van der Waals surface area contributed by atoms with Crippen molar-refractivity contribution in [3.63, 3.8) is 0 Å². The molecule has 0 unspecified atom stereocenters. The molecule has 0 aliphatic carbocycles. The van der Waals surface area contributed by atoms with Gasteiger partial charge in [-0.2, -0.15) is 0 Å². The zero-order valence-electron chi connectivity index (χ0n) is 14.7. The van der Waals surface area contributed by atoms with Gasteiger partial charge in [0.25, 0.3) is 5.69 Å². The molecule has 0 aliphatic rings. The van der Waals surface area contributed by atoms with Gasteiger partial charge in [-0.05, 0) is 47.0 Å². The Morgan fingerprint density at radius 3 is 2.56 bits per heavy atom. The maximum Gasteiger partial charge on any atom is 0.338 e. The Morgan fingerprint density at radius 1 is 1.19 bits per heavy atom. The Kier molecular flexibility index (Phi) is 7.48. The van der Waals surface area contributed by atoms with E-state index in [1.54, 1.807) is 0 Å². The number of nitrogens with one attached hydrogen (secondary N) is 1. The normalized spacial score (nSPS) is 10.3. The van der Waals surface area contributed by atoms with Crippen LogP contribution in [0.15, 0.2) is 46.9 Å².